The lowest BCUT2D eigenvalue weighted by molar-refractivity contribution is 0.544. The first kappa shape index (κ1) is 8.21. The van der Waals surface area contributed by atoms with Gasteiger partial charge in [0.25, 0.3) is 0 Å². The zero-order valence-corrected chi connectivity index (χ0v) is 6.23. The molecular formula is C7H14N2. The Kier molecular flexibility index (Phi) is 2.43. The van der Waals surface area contributed by atoms with E-state index >= 15 is 0 Å². The van der Waals surface area contributed by atoms with Gasteiger partial charge in [0.05, 0.1) is 0 Å². The number of hydrogen-bond acceptors (Lipinski definition) is 1. The van der Waals surface area contributed by atoms with Crippen LogP contribution in [0.5, 0.6) is 0 Å². The third kappa shape index (κ3) is 7.21. The number of allylic oxidation sites excluding steroid dienone is 1. The van der Waals surface area contributed by atoms with Gasteiger partial charge in [0.2, 0.25) is 0 Å². The van der Waals surface area contributed by atoms with Crippen molar-refractivity contribution in [3.63, 3.8) is 0 Å². The summed E-state index contributed by atoms with van der Waals surface area (Å²) in [7, 11) is 0. The maximum Gasteiger partial charge on any atom is 0.115 e. The minimum Gasteiger partial charge on any atom is -0.384 e. The van der Waals surface area contributed by atoms with Crippen LogP contribution >= 0.6 is 0 Å². The summed E-state index contributed by atoms with van der Waals surface area (Å²) < 4.78 is 0. The Hall–Kier alpha value is -0.790. The molecule has 0 aliphatic carbocycles. The van der Waals surface area contributed by atoms with E-state index in [4.69, 9.17) is 11.1 Å². The minimum absolute atomic E-state index is 0.116. The van der Waals surface area contributed by atoms with Crippen molar-refractivity contribution in [2.45, 2.75) is 20.8 Å². The molecule has 0 atom stereocenters. The summed E-state index contributed by atoms with van der Waals surface area (Å²) in [5.41, 5.74) is 5.23. The molecule has 0 radical (unpaired) electrons. The molecular weight excluding hydrogens is 112 g/mol. The van der Waals surface area contributed by atoms with Gasteiger partial charge in [0.1, 0.15) is 5.84 Å². The van der Waals surface area contributed by atoms with Crippen LogP contribution in [0.4, 0.5) is 0 Å². The maximum absolute atomic E-state index is 6.87. The molecule has 0 aromatic carbocycles. The quantitative estimate of drug-likeness (QED) is 0.406. The van der Waals surface area contributed by atoms with Crippen LogP contribution < -0.4 is 5.73 Å². The van der Waals surface area contributed by atoms with E-state index in [0.717, 1.165) is 0 Å². The predicted octanol–water partition coefficient (Wildman–Crippen LogP) is 1.52. The number of hydrogen-bond donors (Lipinski definition) is 2. The summed E-state index contributed by atoms with van der Waals surface area (Å²) in [4.78, 5) is 0. The van der Waals surface area contributed by atoms with E-state index in [2.05, 4.69) is 20.8 Å². The van der Waals surface area contributed by atoms with Gasteiger partial charge in [-0.3, -0.25) is 5.41 Å². The Bertz CT molecular complexity index is 128. The zero-order chi connectivity index (χ0) is 7.49. The summed E-state index contributed by atoms with van der Waals surface area (Å²) in [5, 5.41) is 6.87. The topological polar surface area (TPSA) is 49.9 Å². The molecule has 0 aromatic heterocycles. The van der Waals surface area contributed by atoms with Gasteiger partial charge in [-0.25, -0.2) is 0 Å². The van der Waals surface area contributed by atoms with Crippen molar-refractivity contribution in [2.75, 3.05) is 0 Å². The molecule has 0 heterocycles. The first-order valence-corrected chi connectivity index (χ1v) is 2.95. The first-order valence-electron chi connectivity index (χ1n) is 2.95. The van der Waals surface area contributed by atoms with Crippen molar-refractivity contribution in [3.05, 3.63) is 12.2 Å². The molecule has 0 spiro atoms. The SMILES string of the molecule is CC(C)(C)/C=C\C(=N)N. The fourth-order valence-electron chi connectivity index (χ4n) is 0.340. The molecule has 0 aromatic rings. The predicted molar refractivity (Wildman–Crippen MR) is 40.5 cm³/mol. The zero-order valence-electron chi connectivity index (χ0n) is 6.23. The number of rotatable bonds is 1. The third-order valence-corrected chi connectivity index (χ3v) is 0.763. The van der Waals surface area contributed by atoms with Crippen LogP contribution in [-0.4, -0.2) is 5.84 Å². The number of nitrogens with one attached hydrogen (secondary N) is 1. The van der Waals surface area contributed by atoms with E-state index in [0.29, 0.717) is 0 Å². The molecule has 0 bridgehead atoms. The average molecular weight is 126 g/mol. The van der Waals surface area contributed by atoms with Gasteiger partial charge in [0, 0.05) is 0 Å². The van der Waals surface area contributed by atoms with Gasteiger partial charge < -0.3 is 5.73 Å². The van der Waals surface area contributed by atoms with E-state index in [1.54, 1.807) is 6.08 Å². The largest absolute Gasteiger partial charge is 0.384 e. The average Bonchev–Trinajstić information content (AvgIpc) is 1.59. The summed E-state index contributed by atoms with van der Waals surface area (Å²) >= 11 is 0. The Morgan fingerprint density at radius 3 is 2.00 bits per heavy atom. The molecule has 2 heteroatoms. The second-order valence-corrected chi connectivity index (χ2v) is 3.15. The van der Waals surface area contributed by atoms with E-state index in [1.807, 2.05) is 6.08 Å². The first-order chi connectivity index (χ1) is 3.92. The molecule has 52 valence electrons. The normalized spacial score (nSPS) is 12.3. The number of amidine groups is 1. The second-order valence-electron chi connectivity index (χ2n) is 3.15. The van der Waals surface area contributed by atoms with Crippen molar-refractivity contribution < 1.29 is 0 Å². The highest BCUT2D eigenvalue weighted by Crippen LogP contribution is 2.13. The Morgan fingerprint density at radius 1 is 1.44 bits per heavy atom. The lowest BCUT2D eigenvalue weighted by Crippen LogP contribution is -2.07. The Balaban J connectivity index is 3.86. The van der Waals surface area contributed by atoms with Gasteiger partial charge in [-0.15, -0.1) is 0 Å². The fraction of sp³-hybridized carbons (Fsp3) is 0.571. The van der Waals surface area contributed by atoms with Crippen LogP contribution in [0.3, 0.4) is 0 Å². The van der Waals surface area contributed by atoms with E-state index in [9.17, 15) is 0 Å². The van der Waals surface area contributed by atoms with E-state index in [1.165, 1.54) is 0 Å². The molecule has 3 N–H and O–H groups in total. The lowest BCUT2D eigenvalue weighted by Gasteiger charge is -2.10. The third-order valence-electron chi connectivity index (χ3n) is 0.763. The van der Waals surface area contributed by atoms with Gasteiger partial charge in [0.15, 0.2) is 0 Å². The van der Waals surface area contributed by atoms with Gasteiger partial charge in [-0.2, -0.15) is 0 Å². The molecule has 0 saturated heterocycles. The summed E-state index contributed by atoms with van der Waals surface area (Å²) in [5.74, 6) is 0.116. The minimum atomic E-state index is 0.116. The molecule has 0 amide bonds. The molecule has 0 aliphatic rings. The van der Waals surface area contributed by atoms with Crippen LogP contribution in [0, 0.1) is 10.8 Å². The smallest absolute Gasteiger partial charge is 0.115 e. The fourth-order valence-corrected chi connectivity index (χ4v) is 0.340. The molecule has 0 unspecified atom stereocenters. The van der Waals surface area contributed by atoms with Crippen LogP contribution in [-0.2, 0) is 0 Å². The van der Waals surface area contributed by atoms with Crippen molar-refractivity contribution in [1.29, 1.82) is 5.41 Å². The van der Waals surface area contributed by atoms with Crippen LogP contribution in [0.25, 0.3) is 0 Å². The summed E-state index contributed by atoms with van der Waals surface area (Å²) in [6, 6.07) is 0. The molecule has 9 heavy (non-hydrogen) atoms. The highest BCUT2D eigenvalue weighted by Gasteiger charge is 2.02. The lowest BCUT2D eigenvalue weighted by atomic mass is 9.96. The van der Waals surface area contributed by atoms with Crippen LogP contribution in [0.15, 0.2) is 12.2 Å². The summed E-state index contributed by atoms with van der Waals surface area (Å²) in [6.45, 7) is 6.19. The Labute approximate surface area is 56.3 Å². The van der Waals surface area contributed by atoms with Crippen molar-refractivity contribution in [3.8, 4) is 0 Å². The second kappa shape index (κ2) is 2.67. The van der Waals surface area contributed by atoms with Crippen molar-refractivity contribution >= 4 is 5.84 Å². The molecule has 2 nitrogen and oxygen atoms in total. The Morgan fingerprint density at radius 2 is 1.89 bits per heavy atom. The van der Waals surface area contributed by atoms with Gasteiger partial charge in [-0.1, -0.05) is 26.8 Å². The van der Waals surface area contributed by atoms with Gasteiger partial charge in [-0.05, 0) is 11.5 Å². The van der Waals surface area contributed by atoms with E-state index in [-0.39, 0.29) is 11.3 Å². The highest BCUT2D eigenvalue weighted by molar-refractivity contribution is 5.88. The maximum atomic E-state index is 6.87. The van der Waals surface area contributed by atoms with Crippen molar-refractivity contribution in [2.24, 2.45) is 11.1 Å². The highest BCUT2D eigenvalue weighted by atomic mass is 14.7. The van der Waals surface area contributed by atoms with E-state index < -0.39 is 0 Å². The molecule has 0 saturated carbocycles. The monoisotopic (exact) mass is 126 g/mol. The van der Waals surface area contributed by atoms with Crippen molar-refractivity contribution in [1.82, 2.24) is 0 Å². The van der Waals surface area contributed by atoms with Gasteiger partial charge >= 0.3 is 0 Å². The van der Waals surface area contributed by atoms with Crippen LogP contribution in [0.1, 0.15) is 20.8 Å². The molecule has 0 fully saturated rings. The standard InChI is InChI=1S/C7H14N2/c1-7(2,3)5-4-6(8)9/h4-5H,1-3H3,(H3,8,9)/b5-4-. The number of nitrogens with two attached hydrogens (primary N) is 1. The molecule has 0 aliphatic heterocycles. The molecule has 0 rings (SSSR count). The summed E-state index contributed by atoms with van der Waals surface area (Å²) in [6.07, 6.45) is 3.52. The van der Waals surface area contributed by atoms with Crippen LogP contribution in [0.2, 0.25) is 0 Å².